The number of anilines is 1. The standard InChI is InChI=1S/C13H18N2O2S/c1-10-3-4-12(15(16)17)13(9-10)14-6-8-18-7-5-11(14)2/h3-4,9,11H,5-8H2,1-2H3. The summed E-state index contributed by atoms with van der Waals surface area (Å²) in [6.45, 7) is 5.01. The van der Waals surface area contributed by atoms with Crippen molar-refractivity contribution in [2.45, 2.75) is 26.3 Å². The van der Waals surface area contributed by atoms with E-state index in [9.17, 15) is 10.1 Å². The predicted octanol–water partition coefficient (Wildman–Crippen LogP) is 3.24. The van der Waals surface area contributed by atoms with Crippen LogP contribution in [-0.4, -0.2) is 29.0 Å². The minimum Gasteiger partial charge on any atom is -0.362 e. The van der Waals surface area contributed by atoms with Crippen molar-refractivity contribution in [3.05, 3.63) is 33.9 Å². The number of nitro groups is 1. The van der Waals surface area contributed by atoms with Crippen LogP contribution in [0.15, 0.2) is 18.2 Å². The van der Waals surface area contributed by atoms with Gasteiger partial charge in [0.05, 0.1) is 4.92 Å². The molecule has 0 bridgehead atoms. The summed E-state index contributed by atoms with van der Waals surface area (Å²) in [4.78, 5) is 13.0. The minimum atomic E-state index is -0.278. The highest BCUT2D eigenvalue weighted by Gasteiger charge is 2.24. The van der Waals surface area contributed by atoms with E-state index in [-0.39, 0.29) is 10.6 Å². The Balaban J connectivity index is 2.40. The quantitative estimate of drug-likeness (QED) is 0.609. The van der Waals surface area contributed by atoms with E-state index in [1.54, 1.807) is 12.1 Å². The molecule has 0 saturated carbocycles. The van der Waals surface area contributed by atoms with Crippen molar-refractivity contribution in [2.24, 2.45) is 0 Å². The van der Waals surface area contributed by atoms with E-state index in [1.807, 2.05) is 24.8 Å². The first-order chi connectivity index (χ1) is 8.59. The lowest BCUT2D eigenvalue weighted by atomic mass is 10.1. The summed E-state index contributed by atoms with van der Waals surface area (Å²) >= 11 is 1.92. The topological polar surface area (TPSA) is 46.4 Å². The molecule has 0 amide bonds. The fourth-order valence-electron chi connectivity index (χ4n) is 2.27. The molecule has 1 aliphatic rings. The molecular formula is C13H18N2O2S. The van der Waals surface area contributed by atoms with E-state index in [2.05, 4.69) is 11.8 Å². The Morgan fingerprint density at radius 3 is 2.94 bits per heavy atom. The van der Waals surface area contributed by atoms with Crippen molar-refractivity contribution in [1.29, 1.82) is 0 Å². The summed E-state index contributed by atoms with van der Waals surface area (Å²) in [5.41, 5.74) is 2.06. The van der Waals surface area contributed by atoms with Gasteiger partial charge in [0.15, 0.2) is 0 Å². The fraction of sp³-hybridized carbons (Fsp3) is 0.538. The molecule has 98 valence electrons. The van der Waals surface area contributed by atoms with Crippen LogP contribution in [0.2, 0.25) is 0 Å². The molecule has 0 radical (unpaired) electrons. The molecule has 4 nitrogen and oxygen atoms in total. The van der Waals surface area contributed by atoms with Gasteiger partial charge in [-0.3, -0.25) is 10.1 Å². The molecule has 1 saturated heterocycles. The second kappa shape index (κ2) is 5.61. The molecule has 2 rings (SSSR count). The predicted molar refractivity (Wildman–Crippen MR) is 76.6 cm³/mol. The third kappa shape index (κ3) is 2.77. The number of aryl methyl sites for hydroxylation is 1. The Kier molecular flexibility index (Phi) is 4.11. The Morgan fingerprint density at radius 1 is 1.44 bits per heavy atom. The number of benzene rings is 1. The highest BCUT2D eigenvalue weighted by Crippen LogP contribution is 2.32. The van der Waals surface area contributed by atoms with Crippen molar-refractivity contribution in [1.82, 2.24) is 0 Å². The van der Waals surface area contributed by atoms with E-state index in [0.29, 0.717) is 6.04 Å². The first kappa shape index (κ1) is 13.2. The van der Waals surface area contributed by atoms with Crippen molar-refractivity contribution in [2.75, 3.05) is 23.0 Å². The number of nitrogens with zero attached hydrogens (tertiary/aromatic N) is 2. The summed E-state index contributed by atoms with van der Waals surface area (Å²) < 4.78 is 0. The molecular weight excluding hydrogens is 248 g/mol. The molecule has 1 aliphatic heterocycles. The number of rotatable bonds is 2. The van der Waals surface area contributed by atoms with Crippen LogP contribution >= 0.6 is 11.8 Å². The number of hydrogen-bond acceptors (Lipinski definition) is 4. The molecule has 5 heteroatoms. The third-order valence-corrected chi connectivity index (χ3v) is 4.32. The number of nitro benzene ring substituents is 1. The Labute approximate surface area is 112 Å². The van der Waals surface area contributed by atoms with Gasteiger partial charge in [-0.25, -0.2) is 0 Å². The zero-order chi connectivity index (χ0) is 13.1. The summed E-state index contributed by atoms with van der Waals surface area (Å²) in [7, 11) is 0. The van der Waals surface area contributed by atoms with Gasteiger partial charge in [0, 0.05) is 24.4 Å². The Bertz CT molecular complexity index is 451. The molecule has 1 atom stereocenters. The van der Waals surface area contributed by atoms with Gasteiger partial charge in [-0.1, -0.05) is 6.07 Å². The molecule has 0 spiro atoms. The third-order valence-electron chi connectivity index (χ3n) is 3.33. The smallest absolute Gasteiger partial charge is 0.292 e. The number of thioether (sulfide) groups is 1. The van der Waals surface area contributed by atoms with E-state index >= 15 is 0 Å². The molecule has 1 aromatic carbocycles. The van der Waals surface area contributed by atoms with Gasteiger partial charge in [-0.15, -0.1) is 0 Å². The van der Waals surface area contributed by atoms with Crippen LogP contribution in [0.4, 0.5) is 11.4 Å². The lowest BCUT2D eigenvalue weighted by molar-refractivity contribution is -0.384. The maximum atomic E-state index is 11.1. The lowest BCUT2D eigenvalue weighted by Gasteiger charge is -2.28. The first-order valence-electron chi connectivity index (χ1n) is 6.19. The van der Waals surface area contributed by atoms with Crippen molar-refractivity contribution < 1.29 is 4.92 Å². The van der Waals surface area contributed by atoms with Crippen LogP contribution < -0.4 is 4.90 Å². The summed E-state index contributed by atoms with van der Waals surface area (Å²) in [5.74, 6) is 2.17. The Hall–Kier alpha value is -1.23. The SMILES string of the molecule is Cc1ccc([N+](=O)[O-])c(N2CCSCCC2C)c1. The van der Waals surface area contributed by atoms with Crippen molar-refractivity contribution >= 4 is 23.1 Å². The second-order valence-corrected chi connectivity index (χ2v) is 5.92. The van der Waals surface area contributed by atoms with Gasteiger partial charge in [0.2, 0.25) is 0 Å². The average molecular weight is 266 g/mol. The average Bonchev–Trinajstić information content (AvgIpc) is 2.53. The monoisotopic (exact) mass is 266 g/mol. The van der Waals surface area contributed by atoms with Gasteiger partial charge in [-0.2, -0.15) is 11.8 Å². The van der Waals surface area contributed by atoms with Gasteiger partial charge in [0.1, 0.15) is 5.69 Å². The van der Waals surface area contributed by atoms with Crippen LogP contribution in [0.5, 0.6) is 0 Å². The van der Waals surface area contributed by atoms with E-state index < -0.39 is 0 Å². The summed E-state index contributed by atoms with van der Waals surface area (Å²) in [6.07, 6.45) is 1.08. The molecule has 1 fully saturated rings. The molecule has 18 heavy (non-hydrogen) atoms. The zero-order valence-corrected chi connectivity index (χ0v) is 11.6. The summed E-state index contributed by atoms with van der Waals surface area (Å²) in [5, 5.41) is 11.1. The van der Waals surface area contributed by atoms with Gasteiger partial charge < -0.3 is 4.90 Å². The van der Waals surface area contributed by atoms with E-state index in [1.165, 1.54) is 0 Å². The van der Waals surface area contributed by atoms with Crippen LogP contribution in [0.1, 0.15) is 18.9 Å². The van der Waals surface area contributed by atoms with Crippen LogP contribution in [0.3, 0.4) is 0 Å². The largest absolute Gasteiger partial charge is 0.362 e. The fourth-order valence-corrected chi connectivity index (χ4v) is 3.31. The normalized spacial score (nSPS) is 20.6. The summed E-state index contributed by atoms with van der Waals surface area (Å²) in [6, 6.07) is 5.72. The maximum Gasteiger partial charge on any atom is 0.292 e. The first-order valence-corrected chi connectivity index (χ1v) is 7.34. The highest BCUT2D eigenvalue weighted by atomic mass is 32.2. The van der Waals surface area contributed by atoms with Crippen LogP contribution in [0, 0.1) is 17.0 Å². The minimum absolute atomic E-state index is 0.222. The van der Waals surface area contributed by atoms with Crippen molar-refractivity contribution in [3.63, 3.8) is 0 Å². The molecule has 1 unspecified atom stereocenters. The lowest BCUT2D eigenvalue weighted by Crippen LogP contribution is -2.34. The second-order valence-electron chi connectivity index (χ2n) is 4.69. The zero-order valence-electron chi connectivity index (χ0n) is 10.8. The molecule has 0 aromatic heterocycles. The van der Waals surface area contributed by atoms with E-state index in [0.717, 1.165) is 35.7 Å². The molecule has 1 heterocycles. The Morgan fingerprint density at radius 2 is 2.22 bits per heavy atom. The molecule has 0 N–H and O–H groups in total. The van der Waals surface area contributed by atoms with Crippen molar-refractivity contribution in [3.8, 4) is 0 Å². The number of hydrogen-bond donors (Lipinski definition) is 0. The molecule has 1 aromatic rings. The van der Waals surface area contributed by atoms with Gasteiger partial charge >= 0.3 is 0 Å². The maximum absolute atomic E-state index is 11.1. The molecule has 0 aliphatic carbocycles. The van der Waals surface area contributed by atoms with Gasteiger partial charge in [-0.05, 0) is 37.7 Å². The van der Waals surface area contributed by atoms with Gasteiger partial charge in [0.25, 0.3) is 5.69 Å². The van der Waals surface area contributed by atoms with Crippen LogP contribution in [-0.2, 0) is 0 Å². The highest BCUT2D eigenvalue weighted by molar-refractivity contribution is 7.99. The van der Waals surface area contributed by atoms with Crippen LogP contribution in [0.25, 0.3) is 0 Å². The van der Waals surface area contributed by atoms with E-state index in [4.69, 9.17) is 0 Å².